The van der Waals surface area contributed by atoms with E-state index in [0.717, 1.165) is 19.6 Å². The average Bonchev–Trinajstić information content (AvgIpc) is 3.66. The first-order chi connectivity index (χ1) is 21.0. The summed E-state index contributed by atoms with van der Waals surface area (Å²) in [6.45, 7) is 15.6. The molecule has 0 aliphatic carbocycles. The smallest absolute Gasteiger partial charge is 0.244 e. The van der Waals surface area contributed by atoms with Crippen LogP contribution in [0, 0.1) is 0 Å². The molecular formula is C37H54N6+4. The molecule has 0 saturated carbocycles. The molecule has 4 aromatic rings. The maximum atomic E-state index is 2.40. The van der Waals surface area contributed by atoms with Crippen molar-refractivity contribution in [3.05, 3.63) is 108 Å². The third-order valence-corrected chi connectivity index (χ3v) is 10.3. The monoisotopic (exact) mass is 582 g/mol. The molecule has 0 unspecified atom stereocenters. The second kappa shape index (κ2) is 13.6. The highest BCUT2D eigenvalue weighted by atomic mass is 15.5. The molecule has 2 bridgehead atoms. The molecule has 5 heterocycles. The van der Waals surface area contributed by atoms with E-state index in [9.17, 15) is 0 Å². The molecule has 0 spiro atoms. The van der Waals surface area contributed by atoms with Gasteiger partial charge < -0.3 is 8.97 Å². The van der Waals surface area contributed by atoms with Crippen LogP contribution in [-0.4, -0.2) is 57.4 Å². The maximum absolute atomic E-state index is 2.40. The van der Waals surface area contributed by atoms with Gasteiger partial charge in [0.05, 0.1) is 13.6 Å². The van der Waals surface area contributed by atoms with Crippen molar-refractivity contribution in [2.24, 2.45) is 7.05 Å². The van der Waals surface area contributed by atoms with E-state index < -0.39 is 0 Å². The first kappa shape index (κ1) is 29.8. The Kier molecular flexibility index (Phi) is 9.44. The van der Waals surface area contributed by atoms with Crippen LogP contribution >= 0.6 is 0 Å². The van der Waals surface area contributed by atoms with Gasteiger partial charge in [-0.2, -0.15) is 0 Å². The molecular weight excluding hydrogens is 528 g/mol. The number of aromatic nitrogens is 4. The van der Waals surface area contributed by atoms with Crippen LogP contribution in [0.4, 0.5) is 0 Å². The molecule has 228 valence electrons. The number of imidazole rings is 2. The number of fused-ring (bicyclic) bond motifs is 3. The normalized spacial score (nSPS) is 21.4. The largest absolute Gasteiger partial charge is 0.306 e. The maximum Gasteiger partial charge on any atom is 0.244 e. The van der Waals surface area contributed by atoms with Gasteiger partial charge >= 0.3 is 0 Å². The lowest BCUT2D eigenvalue weighted by Gasteiger charge is -2.55. The highest BCUT2D eigenvalue weighted by Crippen LogP contribution is 2.31. The number of quaternary nitrogens is 2. The Hall–Kier alpha value is -3.22. The third-order valence-electron chi connectivity index (χ3n) is 10.3. The lowest BCUT2D eigenvalue weighted by Crippen LogP contribution is -2.74. The van der Waals surface area contributed by atoms with Crippen molar-refractivity contribution in [3.63, 3.8) is 0 Å². The lowest BCUT2D eigenvalue weighted by molar-refractivity contribution is -1.09. The number of benzene rings is 2. The van der Waals surface area contributed by atoms with E-state index in [0.29, 0.717) is 0 Å². The molecule has 3 aliphatic heterocycles. The Morgan fingerprint density at radius 3 is 1.72 bits per heavy atom. The fourth-order valence-electron chi connectivity index (χ4n) is 7.45. The second-order valence-electron chi connectivity index (χ2n) is 13.8. The highest BCUT2D eigenvalue weighted by molar-refractivity contribution is 5.23. The summed E-state index contributed by atoms with van der Waals surface area (Å²) < 4.78 is 11.6. The topological polar surface area (TPSA) is 17.6 Å². The van der Waals surface area contributed by atoms with Crippen molar-refractivity contribution in [1.82, 2.24) is 9.13 Å². The van der Waals surface area contributed by atoms with E-state index in [1.807, 2.05) is 0 Å². The van der Waals surface area contributed by atoms with Crippen molar-refractivity contribution in [1.29, 1.82) is 0 Å². The number of unbranched alkanes of at least 4 members (excludes halogenated alkanes) is 5. The zero-order valence-electron chi connectivity index (χ0n) is 26.8. The van der Waals surface area contributed by atoms with Crippen LogP contribution in [-0.2, 0) is 39.8 Å². The van der Waals surface area contributed by atoms with Crippen LogP contribution in [0.5, 0.6) is 0 Å². The molecule has 7 rings (SSSR count). The van der Waals surface area contributed by atoms with Gasteiger partial charge in [0.15, 0.2) is 0 Å². The van der Waals surface area contributed by atoms with Gasteiger partial charge in [0.2, 0.25) is 12.7 Å². The number of piperazine rings is 3. The molecule has 3 aliphatic rings. The number of rotatable bonds is 15. The van der Waals surface area contributed by atoms with Crippen molar-refractivity contribution in [2.75, 3.05) is 39.3 Å². The van der Waals surface area contributed by atoms with Crippen molar-refractivity contribution in [3.8, 4) is 0 Å². The summed E-state index contributed by atoms with van der Waals surface area (Å²) in [4.78, 5) is 0. The minimum Gasteiger partial charge on any atom is -0.306 e. The van der Waals surface area contributed by atoms with Crippen LogP contribution in [0.15, 0.2) is 86.0 Å². The second-order valence-corrected chi connectivity index (χ2v) is 13.8. The highest BCUT2D eigenvalue weighted by Gasteiger charge is 2.48. The van der Waals surface area contributed by atoms with Gasteiger partial charge in [-0.05, 0) is 24.0 Å². The van der Waals surface area contributed by atoms with Crippen molar-refractivity contribution < 1.29 is 18.1 Å². The number of hydrogen-bond acceptors (Lipinski definition) is 0. The molecule has 3 saturated heterocycles. The van der Waals surface area contributed by atoms with Crippen LogP contribution in [0.2, 0.25) is 0 Å². The molecule has 0 radical (unpaired) electrons. The number of hydrogen-bond donors (Lipinski definition) is 0. The molecule has 3 fully saturated rings. The predicted octanol–water partition coefficient (Wildman–Crippen LogP) is 5.22. The van der Waals surface area contributed by atoms with Gasteiger partial charge in [0.1, 0.15) is 90.2 Å². The van der Waals surface area contributed by atoms with Crippen LogP contribution in [0.1, 0.15) is 67.7 Å². The van der Waals surface area contributed by atoms with Gasteiger partial charge in [-0.15, -0.1) is 0 Å². The van der Waals surface area contributed by atoms with Gasteiger partial charge in [-0.1, -0.05) is 81.1 Å². The van der Waals surface area contributed by atoms with E-state index >= 15 is 0 Å². The van der Waals surface area contributed by atoms with Crippen LogP contribution < -0.4 is 9.13 Å². The molecule has 0 amide bonds. The van der Waals surface area contributed by atoms with Crippen LogP contribution in [0.3, 0.4) is 0 Å². The Labute approximate surface area is 259 Å². The van der Waals surface area contributed by atoms with Crippen molar-refractivity contribution in [2.45, 2.75) is 78.2 Å². The summed E-state index contributed by atoms with van der Waals surface area (Å²) in [5.74, 6) is 0. The molecule has 2 aromatic carbocycles. The summed E-state index contributed by atoms with van der Waals surface area (Å²) in [7, 11) is 2.07. The quantitative estimate of drug-likeness (QED) is 0.104. The third kappa shape index (κ3) is 7.84. The van der Waals surface area contributed by atoms with E-state index in [1.54, 1.807) is 0 Å². The molecule has 2 aromatic heterocycles. The summed E-state index contributed by atoms with van der Waals surface area (Å²) >= 11 is 0. The number of nitrogens with zero attached hydrogens (tertiary/aromatic N) is 6. The van der Waals surface area contributed by atoms with E-state index in [2.05, 4.69) is 118 Å². The molecule has 43 heavy (non-hydrogen) atoms. The predicted molar refractivity (Wildman–Crippen MR) is 172 cm³/mol. The zero-order valence-corrected chi connectivity index (χ0v) is 26.8. The van der Waals surface area contributed by atoms with Gasteiger partial charge in [-0.25, -0.2) is 18.3 Å². The van der Waals surface area contributed by atoms with E-state index in [1.165, 1.54) is 122 Å². The Morgan fingerprint density at radius 1 is 0.605 bits per heavy atom. The standard InChI is InChI=1S/C37H54N6/c1-3-4-5-6-7-8-17-39-20-21-41(33-39)29-35-11-15-37(16-12-35)31-43-25-22-42(23-26-43,24-27-43)30-36-13-9-34(10-14-36)28-40-19-18-38(2)32-40/h9-16,18-21,32-33H,3-8,17,22-31H2,1-2H3/q+4. The van der Waals surface area contributed by atoms with Crippen LogP contribution in [0.25, 0.3) is 0 Å². The fraction of sp³-hybridized carbons (Fsp3) is 0.514. The summed E-state index contributed by atoms with van der Waals surface area (Å²) in [6, 6.07) is 18.9. The van der Waals surface area contributed by atoms with E-state index in [4.69, 9.17) is 0 Å². The Morgan fingerprint density at radius 2 is 1.14 bits per heavy atom. The minimum absolute atomic E-state index is 0.938. The SMILES string of the molecule is CCCCCCCCn1cc[n+](Cc2ccc(C[N+]34CC[N+](Cc5ccc(Cn6cc[n+](C)c6)cc5)(CC3)CC4)cc2)c1. The summed E-state index contributed by atoms with van der Waals surface area (Å²) in [6.07, 6.45) is 21.2. The zero-order chi connectivity index (χ0) is 29.5. The van der Waals surface area contributed by atoms with Gasteiger partial charge in [-0.3, -0.25) is 0 Å². The molecule has 0 N–H and O–H groups in total. The minimum atomic E-state index is 0.938. The lowest BCUT2D eigenvalue weighted by atomic mass is 10.0. The summed E-state index contributed by atoms with van der Waals surface area (Å²) in [5, 5.41) is 0. The van der Waals surface area contributed by atoms with Crippen molar-refractivity contribution >= 4 is 0 Å². The molecule has 6 heteroatoms. The fourth-order valence-corrected chi connectivity index (χ4v) is 7.45. The van der Waals surface area contributed by atoms with Gasteiger partial charge in [0.25, 0.3) is 0 Å². The summed E-state index contributed by atoms with van der Waals surface area (Å²) in [5.41, 5.74) is 5.77. The molecule has 6 nitrogen and oxygen atoms in total. The number of aryl methyl sites for hydroxylation is 2. The first-order valence-corrected chi connectivity index (χ1v) is 16.9. The molecule has 0 atom stereocenters. The Bertz CT molecular complexity index is 1410. The van der Waals surface area contributed by atoms with E-state index in [-0.39, 0.29) is 0 Å². The first-order valence-electron chi connectivity index (χ1n) is 16.9. The average molecular weight is 583 g/mol. The Balaban J connectivity index is 0.956. The van der Waals surface area contributed by atoms with Gasteiger partial charge in [0, 0.05) is 11.1 Å².